The number of nitrogens with one attached hydrogen (secondary N) is 2. The smallest absolute Gasteiger partial charge is 0.247 e. The van der Waals surface area contributed by atoms with E-state index < -0.39 is 47.6 Å². The maximum atomic E-state index is 16.4. The molecule has 0 spiro atoms. The Morgan fingerprint density at radius 3 is 2.16 bits per heavy atom. The van der Waals surface area contributed by atoms with E-state index in [1.54, 1.807) is 49.3 Å². The fraction of sp³-hybridized carbons (Fsp3) is 0.429. The lowest BCUT2D eigenvalue weighted by molar-refractivity contribution is -0.147. The van der Waals surface area contributed by atoms with Gasteiger partial charge in [-0.15, -0.1) is 0 Å². The summed E-state index contributed by atoms with van der Waals surface area (Å²) in [5, 5.41) is 6.57. The Hall–Kier alpha value is -6.62. The number of carbonyl (C=O) groups is 5. The number of halogens is 2. The monoisotopic (exact) mass is 1020 g/mol. The van der Waals surface area contributed by atoms with Crippen LogP contribution in [0.3, 0.4) is 0 Å². The summed E-state index contributed by atoms with van der Waals surface area (Å²) in [7, 11) is 10.6. The number of ether oxygens (including phenoxy) is 2. The van der Waals surface area contributed by atoms with Gasteiger partial charge >= 0.3 is 0 Å². The third kappa shape index (κ3) is 13.9. The van der Waals surface area contributed by atoms with Crippen molar-refractivity contribution < 1.29 is 37.8 Å². The Kier molecular flexibility index (Phi) is 18.5. The van der Waals surface area contributed by atoms with Gasteiger partial charge in [0.15, 0.2) is 0 Å². The summed E-state index contributed by atoms with van der Waals surface area (Å²) in [5.74, 6) is -2.33. The Morgan fingerprint density at radius 2 is 1.48 bits per heavy atom. The van der Waals surface area contributed by atoms with Crippen molar-refractivity contribution in [3.8, 4) is 22.8 Å². The van der Waals surface area contributed by atoms with Crippen LogP contribution in [0.4, 0.5) is 4.39 Å². The van der Waals surface area contributed by atoms with Crippen molar-refractivity contribution in [1.82, 2.24) is 39.8 Å². The molecule has 5 aromatic rings. The van der Waals surface area contributed by atoms with E-state index in [1.165, 1.54) is 36.0 Å². The maximum absolute atomic E-state index is 16.4. The highest BCUT2D eigenvalue weighted by Crippen LogP contribution is 2.30. The average Bonchev–Trinajstić information content (AvgIpc) is 3.73. The summed E-state index contributed by atoms with van der Waals surface area (Å²) in [6, 6.07) is 24.3. The Morgan fingerprint density at radius 1 is 0.795 bits per heavy atom. The summed E-state index contributed by atoms with van der Waals surface area (Å²) < 4.78 is 30.0. The molecule has 2 heterocycles. The summed E-state index contributed by atoms with van der Waals surface area (Å²) in [6.45, 7) is 1.63. The van der Waals surface area contributed by atoms with E-state index in [0.29, 0.717) is 36.6 Å². The Labute approximate surface area is 433 Å². The molecule has 2 N–H and O–H groups in total. The van der Waals surface area contributed by atoms with E-state index in [-0.39, 0.29) is 67.6 Å². The lowest BCUT2D eigenvalue weighted by Crippen LogP contribution is -2.58. The first-order valence-electron chi connectivity index (χ1n) is 24.9. The van der Waals surface area contributed by atoms with E-state index in [2.05, 4.69) is 15.6 Å². The van der Waals surface area contributed by atoms with Gasteiger partial charge in [0.1, 0.15) is 35.2 Å². The van der Waals surface area contributed by atoms with Crippen LogP contribution in [-0.2, 0) is 61.7 Å². The third-order valence-corrected chi connectivity index (χ3v) is 14.4. The minimum absolute atomic E-state index is 0.0688. The molecule has 73 heavy (non-hydrogen) atoms. The normalized spacial score (nSPS) is 21.9. The number of fused-ring (bicyclic) bond motifs is 1. The van der Waals surface area contributed by atoms with Crippen LogP contribution < -0.4 is 15.4 Å². The van der Waals surface area contributed by atoms with E-state index in [1.807, 2.05) is 91.4 Å². The van der Waals surface area contributed by atoms with Crippen LogP contribution in [0.15, 0.2) is 103 Å². The standard InChI is InChI=1S/C56H68ClFN8O7/c1-36-54(69)61-48(35-72-7)56(71)63(4)43(28-38-17-22-42(57)23-18-38)30-52(67)60-47-15-11-12-16-49(47)65(6)55(70)41(27-37-13-9-8-10-14-37)29-53(68)66(36)33-40-21-26-45(31-46(40)58)73-44-24-19-39(20-25-44)50-32-59-51(64(50)5)34-62(2)3/h8-10,13-14,17-26,31-32,36,41,43,47-49H,11-12,15-16,27-30,33-35H2,1-7H3,(H,60,67)(H,61,69)/t36-,41+,43-,47-,48-,49-/m0/s1. The highest BCUT2D eigenvalue weighted by molar-refractivity contribution is 6.30. The fourth-order valence-corrected chi connectivity index (χ4v) is 10.0. The Bertz CT molecular complexity index is 2700. The second kappa shape index (κ2) is 24.9. The largest absolute Gasteiger partial charge is 0.457 e. The zero-order valence-corrected chi connectivity index (χ0v) is 43.6. The molecule has 6 atom stereocenters. The number of aromatic nitrogens is 2. The molecule has 1 aliphatic heterocycles. The molecule has 2 aliphatic rings. The average molecular weight is 1020 g/mol. The molecule has 1 saturated heterocycles. The molecular weight excluding hydrogens is 951 g/mol. The predicted molar refractivity (Wildman–Crippen MR) is 278 cm³/mol. The van der Waals surface area contributed by atoms with Gasteiger partial charge < -0.3 is 44.3 Å². The van der Waals surface area contributed by atoms with E-state index >= 15 is 4.39 Å². The first-order chi connectivity index (χ1) is 35.0. The quantitative estimate of drug-likeness (QED) is 0.125. The molecular formula is C56H68ClFN8O7. The molecule has 2 fully saturated rings. The van der Waals surface area contributed by atoms with Gasteiger partial charge in [0.25, 0.3) is 0 Å². The number of likely N-dealkylation sites (N-methyl/N-ethyl adjacent to an activating group) is 2. The number of methoxy groups -OCH3 is 1. The molecule has 1 aliphatic carbocycles. The van der Waals surface area contributed by atoms with E-state index in [0.717, 1.165) is 41.1 Å². The van der Waals surface area contributed by atoms with Crippen LogP contribution in [0.1, 0.15) is 68.0 Å². The van der Waals surface area contributed by atoms with Crippen LogP contribution in [0, 0.1) is 11.7 Å². The number of carbonyl (C=O) groups excluding carboxylic acids is 5. The fourth-order valence-electron chi connectivity index (χ4n) is 9.91. The number of benzene rings is 4. The van der Waals surface area contributed by atoms with Crippen molar-refractivity contribution in [3.05, 3.63) is 137 Å². The molecule has 7 rings (SSSR count). The number of imidazole rings is 1. The maximum Gasteiger partial charge on any atom is 0.247 e. The number of hydrogen-bond donors (Lipinski definition) is 2. The molecule has 0 radical (unpaired) electrons. The minimum Gasteiger partial charge on any atom is -0.457 e. The topological polar surface area (TPSA) is 159 Å². The van der Waals surface area contributed by atoms with Crippen LogP contribution >= 0.6 is 11.6 Å². The van der Waals surface area contributed by atoms with Gasteiger partial charge in [0.2, 0.25) is 29.5 Å². The van der Waals surface area contributed by atoms with Gasteiger partial charge in [-0.2, -0.15) is 0 Å². The lowest BCUT2D eigenvalue weighted by Gasteiger charge is -2.40. The highest BCUT2D eigenvalue weighted by Gasteiger charge is 2.39. The van der Waals surface area contributed by atoms with Crippen molar-refractivity contribution in [1.29, 1.82) is 0 Å². The molecule has 1 saturated carbocycles. The van der Waals surface area contributed by atoms with Crippen LogP contribution in [0.5, 0.6) is 11.5 Å². The van der Waals surface area contributed by atoms with Crippen molar-refractivity contribution in [2.45, 2.75) is 102 Å². The molecule has 5 amide bonds. The summed E-state index contributed by atoms with van der Waals surface area (Å²) in [6.07, 6.45) is 4.87. The minimum atomic E-state index is -1.26. The molecule has 17 heteroatoms. The second-order valence-electron chi connectivity index (χ2n) is 19.7. The van der Waals surface area contributed by atoms with Gasteiger partial charge in [0.05, 0.1) is 37.0 Å². The summed E-state index contributed by atoms with van der Waals surface area (Å²) >= 11 is 6.22. The number of hydrogen-bond acceptors (Lipinski definition) is 9. The van der Waals surface area contributed by atoms with Crippen molar-refractivity contribution in [3.63, 3.8) is 0 Å². The molecule has 0 bridgehead atoms. The highest BCUT2D eigenvalue weighted by atomic mass is 35.5. The molecule has 4 aromatic carbocycles. The van der Waals surface area contributed by atoms with E-state index in [9.17, 15) is 24.0 Å². The second-order valence-corrected chi connectivity index (χ2v) is 20.1. The Balaban J connectivity index is 1.20. The summed E-state index contributed by atoms with van der Waals surface area (Å²) in [4.78, 5) is 84.0. The zero-order chi connectivity index (χ0) is 52.3. The molecule has 15 nitrogen and oxygen atoms in total. The summed E-state index contributed by atoms with van der Waals surface area (Å²) in [5.41, 5.74) is 3.62. The third-order valence-electron chi connectivity index (χ3n) is 14.1. The first kappa shape index (κ1) is 54.2. The SMILES string of the molecule is COC[C@@H]1NC(=O)[C@H](C)N(Cc2ccc(Oc3ccc(-c4cnc(CN(C)C)n4C)cc3)cc2F)C(=O)C[C@@H](Cc2ccccc2)C(=O)N(C)[C@H]2CCCC[C@@H]2NC(=O)C[C@H](Cc2ccc(Cl)cc2)N(C)C1=O. The van der Waals surface area contributed by atoms with Crippen LogP contribution in [0.25, 0.3) is 11.3 Å². The van der Waals surface area contributed by atoms with Crippen LogP contribution in [-0.4, -0.2) is 131 Å². The van der Waals surface area contributed by atoms with Gasteiger partial charge in [-0.25, -0.2) is 9.37 Å². The van der Waals surface area contributed by atoms with Crippen molar-refractivity contribution in [2.24, 2.45) is 13.0 Å². The molecule has 388 valence electrons. The number of rotatable bonds is 13. The zero-order valence-electron chi connectivity index (χ0n) is 42.9. The predicted octanol–water partition coefficient (Wildman–Crippen LogP) is 7.19. The molecule has 1 aromatic heterocycles. The van der Waals surface area contributed by atoms with Gasteiger partial charge in [-0.05, 0) is 100 Å². The first-order valence-corrected chi connectivity index (χ1v) is 25.3. The molecule has 0 unspecified atom stereocenters. The van der Waals surface area contributed by atoms with Gasteiger partial charge in [-0.1, -0.05) is 73.0 Å². The lowest BCUT2D eigenvalue weighted by atomic mass is 9.87. The van der Waals surface area contributed by atoms with Gasteiger partial charge in [-0.3, -0.25) is 24.0 Å². The van der Waals surface area contributed by atoms with Crippen LogP contribution in [0.2, 0.25) is 5.02 Å². The van der Waals surface area contributed by atoms with Gasteiger partial charge in [0, 0.05) is 81.9 Å². The van der Waals surface area contributed by atoms with Crippen molar-refractivity contribution in [2.75, 3.05) is 41.9 Å². The van der Waals surface area contributed by atoms with E-state index in [4.69, 9.17) is 21.1 Å². The number of nitrogens with zero attached hydrogens (tertiary/aromatic N) is 6. The number of amides is 5. The van der Waals surface area contributed by atoms with Crippen molar-refractivity contribution >= 4 is 41.1 Å².